The summed E-state index contributed by atoms with van der Waals surface area (Å²) in [6.45, 7) is 3.27. The molecule has 0 bridgehead atoms. The number of carbonyl (C=O) groups is 1. The molecule has 0 spiro atoms. The van der Waals surface area contributed by atoms with Gasteiger partial charge in [-0.2, -0.15) is 0 Å². The number of halogens is 1. The number of benzene rings is 1. The summed E-state index contributed by atoms with van der Waals surface area (Å²) in [5, 5.41) is 11.3. The quantitative estimate of drug-likeness (QED) is 0.899. The Morgan fingerprint density at radius 1 is 1.22 bits per heavy atom. The van der Waals surface area contributed by atoms with Crippen molar-refractivity contribution >= 4 is 17.5 Å². The fourth-order valence-corrected chi connectivity index (χ4v) is 3.90. The Balaban J connectivity index is 1.65. The maximum atomic E-state index is 12.3. The number of likely N-dealkylation sites (tertiary alicyclic amines) is 2. The summed E-state index contributed by atoms with van der Waals surface area (Å²) in [7, 11) is 0. The average Bonchev–Trinajstić information content (AvgIpc) is 2.92. The Hall–Kier alpha value is -1.10. The third kappa shape index (κ3) is 4.06. The summed E-state index contributed by atoms with van der Waals surface area (Å²) < 4.78 is 0. The minimum absolute atomic E-state index is 0.0966. The zero-order valence-corrected chi connectivity index (χ0v) is 14.2. The molecule has 3 rings (SSSR count). The molecular formula is C18H25ClN2O2. The van der Waals surface area contributed by atoms with Gasteiger partial charge in [-0.25, -0.2) is 0 Å². The number of rotatable bonds is 5. The number of nitrogens with zero attached hydrogens (tertiary/aromatic N) is 2. The van der Waals surface area contributed by atoms with Crippen molar-refractivity contribution < 1.29 is 9.90 Å². The average molecular weight is 337 g/mol. The molecule has 1 N–H and O–H groups in total. The molecule has 2 fully saturated rings. The van der Waals surface area contributed by atoms with E-state index in [0.717, 1.165) is 25.1 Å². The summed E-state index contributed by atoms with van der Waals surface area (Å²) >= 11 is 6.22. The Labute approximate surface area is 143 Å². The highest BCUT2D eigenvalue weighted by Crippen LogP contribution is 2.27. The lowest BCUT2D eigenvalue weighted by atomic mass is 10.1. The van der Waals surface area contributed by atoms with Crippen molar-refractivity contribution in [2.24, 2.45) is 0 Å². The molecule has 126 valence electrons. The smallest absolute Gasteiger partial charge is 0.223 e. The number of amides is 1. The molecule has 2 aliphatic rings. The molecule has 2 aliphatic heterocycles. The third-order valence-corrected chi connectivity index (χ3v) is 5.38. The van der Waals surface area contributed by atoms with Gasteiger partial charge in [0.25, 0.3) is 0 Å². The molecule has 1 amide bonds. The van der Waals surface area contributed by atoms with Gasteiger partial charge in [0.05, 0.1) is 12.1 Å². The topological polar surface area (TPSA) is 43.8 Å². The molecule has 2 heterocycles. The molecule has 1 aromatic carbocycles. The van der Waals surface area contributed by atoms with Crippen LogP contribution >= 0.6 is 11.6 Å². The van der Waals surface area contributed by atoms with Crippen LogP contribution in [0.15, 0.2) is 24.3 Å². The first-order valence-electron chi connectivity index (χ1n) is 8.58. The second kappa shape index (κ2) is 7.65. The van der Waals surface area contributed by atoms with Crippen molar-refractivity contribution in [1.29, 1.82) is 0 Å². The number of hydrogen-bond donors (Lipinski definition) is 1. The van der Waals surface area contributed by atoms with Crippen LogP contribution in [0.2, 0.25) is 5.02 Å². The Morgan fingerprint density at radius 3 is 2.70 bits per heavy atom. The molecule has 4 nitrogen and oxygen atoms in total. The SMILES string of the molecule is O=C1CC[C@@H]([C@@H](O)CN2CCCCC2)N1Cc1ccccc1Cl. The summed E-state index contributed by atoms with van der Waals surface area (Å²) in [5.74, 6) is 0.118. The summed E-state index contributed by atoms with van der Waals surface area (Å²) in [4.78, 5) is 16.4. The van der Waals surface area contributed by atoms with Crippen molar-refractivity contribution in [3.05, 3.63) is 34.9 Å². The van der Waals surface area contributed by atoms with Crippen LogP contribution in [0.25, 0.3) is 0 Å². The number of β-amino-alcohol motifs (C(OH)–C–C–N with tert-alkyl or cyclic N) is 1. The largest absolute Gasteiger partial charge is 0.390 e. The van der Waals surface area contributed by atoms with Gasteiger partial charge in [-0.05, 0) is 44.0 Å². The van der Waals surface area contributed by atoms with Crippen molar-refractivity contribution in [3.8, 4) is 0 Å². The van der Waals surface area contributed by atoms with E-state index in [-0.39, 0.29) is 11.9 Å². The maximum Gasteiger partial charge on any atom is 0.223 e. The van der Waals surface area contributed by atoms with Crippen LogP contribution in [0.3, 0.4) is 0 Å². The van der Waals surface area contributed by atoms with E-state index in [9.17, 15) is 9.90 Å². The highest BCUT2D eigenvalue weighted by atomic mass is 35.5. The summed E-state index contributed by atoms with van der Waals surface area (Å²) in [6, 6.07) is 7.51. The molecule has 0 unspecified atom stereocenters. The predicted octanol–water partition coefficient (Wildman–Crippen LogP) is 2.68. The molecule has 0 saturated carbocycles. The summed E-state index contributed by atoms with van der Waals surface area (Å²) in [5.41, 5.74) is 0.944. The normalized spacial score (nSPS) is 24.2. The van der Waals surface area contributed by atoms with E-state index in [0.29, 0.717) is 24.5 Å². The van der Waals surface area contributed by atoms with Crippen LogP contribution in [-0.4, -0.2) is 52.6 Å². The minimum Gasteiger partial charge on any atom is -0.390 e. The third-order valence-electron chi connectivity index (χ3n) is 5.01. The van der Waals surface area contributed by atoms with E-state index >= 15 is 0 Å². The van der Waals surface area contributed by atoms with E-state index in [1.54, 1.807) is 0 Å². The van der Waals surface area contributed by atoms with Gasteiger partial charge in [-0.3, -0.25) is 4.79 Å². The monoisotopic (exact) mass is 336 g/mol. The number of hydrogen-bond acceptors (Lipinski definition) is 3. The van der Waals surface area contributed by atoms with Gasteiger partial charge < -0.3 is 14.9 Å². The van der Waals surface area contributed by atoms with Crippen LogP contribution in [-0.2, 0) is 11.3 Å². The second-order valence-corrected chi connectivity index (χ2v) is 7.05. The van der Waals surface area contributed by atoms with Crippen molar-refractivity contribution in [2.75, 3.05) is 19.6 Å². The molecule has 1 aromatic rings. The van der Waals surface area contributed by atoms with Crippen molar-refractivity contribution in [1.82, 2.24) is 9.80 Å². The van der Waals surface area contributed by atoms with Gasteiger partial charge in [-0.1, -0.05) is 36.2 Å². The molecule has 0 aliphatic carbocycles. The Morgan fingerprint density at radius 2 is 1.96 bits per heavy atom. The van der Waals surface area contributed by atoms with E-state index in [4.69, 9.17) is 11.6 Å². The minimum atomic E-state index is -0.484. The van der Waals surface area contributed by atoms with Gasteiger partial charge in [0.1, 0.15) is 0 Å². The van der Waals surface area contributed by atoms with Gasteiger partial charge in [0.15, 0.2) is 0 Å². The lowest BCUT2D eigenvalue weighted by Gasteiger charge is -2.34. The number of aliphatic hydroxyl groups is 1. The van der Waals surface area contributed by atoms with E-state index < -0.39 is 6.10 Å². The fourth-order valence-electron chi connectivity index (χ4n) is 3.70. The van der Waals surface area contributed by atoms with Gasteiger partial charge >= 0.3 is 0 Å². The standard InChI is InChI=1S/C18H25ClN2O2/c19-15-7-3-2-6-14(15)12-21-16(8-9-18(21)23)17(22)13-20-10-4-1-5-11-20/h2-3,6-7,16-17,22H,1,4-5,8-13H2/t16-,17-/m0/s1. The highest BCUT2D eigenvalue weighted by Gasteiger charge is 2.36. The van der Waals surface area contributed by atoms with Crippen LogP contribution in [0.1, 0.15) is 37.7 Å². The lowest BCUT2D eigenvalue weighted by molar-refractivity contribution is -0.131. The van der Waals surface area contributed by atoms with Crippen molar-refractivity contribution in [3.63, 3.8) is 0 Å². The zero-order chi connectivity index (χ0) is 16.2. The number of piperidine rings is 1. The Bertz CT molecular complexity index is 546. The van der Waals surface area contributed by atoms with Crippen LogP contribution in [0.4, 0.5) is 0 Å². The number of carbonyl (C=O) groups excluding carboxylic acids is 1. The molecule has 5 heteroatoms. The fraction of sp³-hybridized carbons (Fsp3) is 0.611. The Kier molecular flexibility index (Phi) is 5.57. The van der Waals surface area contributed by atoms with Gasteiger partial charge in [-0.15, -0.1) is 0 Å². The first kappa shape index (κ1) is 16.7. The zero-order valence-electron chi connectivity index (χ0n) is 13.5. The first-order valence-corrected chi connectivity index (χ1v) is 8.96. The lowest BCUT2D eigenvalue weighted by Crippen LogP contribution is -2.47. The van der Waals surface area contributed by atoms with E-state index in [1.165, 1.54) is 19.3 Å². The molecule has 0 aromatic heterocycles. The molecule has 2 saturated heterocycles. The van der Waals surface area contributed by atoms with Crippen LogP contribution in [0, 0.1) is 0 Å². The van der Waals surface area contributed by atoms with Gasteiger partial charge in [0, 0.05) is 24.5 Å². The first-order chi connectivity index (χ1) is 11.1. The highest BCUT2D eigenvalue weighted by molar-refractivity contribution is 6.31. The second-order valence-electron chi connectivity index (χ2n) is 6.65. The number of aliphatic hydroxyl groups excluding tert-OH is 1. The van der Waals surface area contributed by atoms with E-state index in [1.807, 2.05) is 29.2 Å². The maximum absolute atomic E-state index is 12.3. The predicted molar refractivity (Wildman–Crippen MR) is 91.3 cm³/mol. The summed E-state index contributed by atoms with van der Waals surface area (Å²) in [6.07, 6.45) is 4.47. The molecule has 2 atom stereocenters. The van der Waals surface area contributed by atoms with E-state index in [2.05, 4.69) is 4.90 Å². The molecule has 0 radical (unpaired) electrons. The molecular weight excluding hydrogens is 312 g/mol. The van der Waals surface area contributed by atoms with Crippen molar-refractivity contribution in [2.45, 2.75) is 50.8 Å². The van der Waals surface area contributed by atoms with Crippen LogP contribution < -0.4 is 0 Å². The van der Waals surface area contributed by atoms with Gasteiger partial charge in [0.2, 0.25) is 5.91 Å². The molecule has 23 heavy (non-hydrogen) atoms. The van der Waals surface area contributed by atoms with Crippen LogP contribution in [0.5, 0.6) is 0 Å².